The molecule has 6 rings (SSSR count). The Kier molecular flexibility index (Phi) is 4.43. The molecule has 0 amide bonds. The summed E-state index contributed by atoms with van der Waals surface area (Å²) in [4.78, 5) is 3.53. The molecule has 0 unspecified atom stereocenters. The van der Waals surface area contributed by atoms with Crippen LogP contribution in [0.3, 0.4) is 0 Å². The number of H-pyrrole nitrogens is 1. The standard InChI is InChI=1S/C29H27N3/c1-3-31-18-24(21-12-6-9-15-27(21)31)29(23-17-30-26-14-8-5-11-20(23)26)25-19-32(4-2)28-16-10-7-13-22(25)28/h5-19,29-30H,3-4H2,1-2H3. The molecule has 3 heteroatoms. The van der Waals surface area contributed by atoms with E-state index in [0.717, 1.165) is 13.1 Å². The summed E-state index contributed by atoms with van der Waals surface area (Å²) in [7, 11) is 0. The largest absolute Gasteiger partial charge is 0.361 e. The third-order valence-corrected chi connectivity index (χ3v) is 6.87. The number of aromatic nitrogens is 3. The zero-order chi connectivity index (χ0) is 21.7. The molecular formula is C29H27N3. The van der Waals surface area contributed by atoms with Gasteiger partial charge in [-0.15, -0.1) is 0 Å². The fourth-order valence-electron chi connectivity index (χ4n) is 5.37. The van der Waals surface area contributed by atoms with Crippen LogP contribution in [0.2, 0.25) is 0 Å². The Balaban J connectivity index is 1.72. The van der Waals surface area contributed by atoms with E-state index < -0.39 is 0 Å². The number of benzene rings is 3. The summed E-state index contributed by atoms with van der Waals surface area (Å²) >= 11 is 0. The van der Waals surface area contributed by atoms with Crippen molar-refractivity contribution in [1.82, 2.24) is 14.1 Å². The van der Waals surface area contributed by atoms with E-state index in [-0.39, 0.29) is 5.92 Å². The number of nitrogens with one attached hydrogen (secondary N) is 1. The maximum absolute atomic E-state index is 3.53. The summed E-state index contributed by atoms with van der Waals surface area (Å²) in [6.07, 6.45) is 6.95. The summed E-state index contributed by atoms with van der Waals surface area (Å²) in [5.41, 5.74) is 7.85. The van der Waals surface area contributed by atoms with Crippen molar-refractivity contribution in [1.29, 1.82) is 0 Å². The molecule has 3 aromatic carbocycles. The first-order valence-electron chi connectivity index (χ1n) is 11.5. The molecule has 6 aromatic rings. The molecule has 3 aromatic heterocycles. The van der Waals surface area contributed by atoms with Crippen molar-refractivity contribution in [2.45, 2.75) is 32.9 Å². The second-order valence-electron chi connectivity index (χ2n) is 8.50. The first-order chi connectivity index (χ1) is 15.8. The van der Waals surface area contributed by atoms with Gasteiger partial charge in [0.05, 0.1) is 0 Å². The summed E-state index contributed by atoms with van der Waals surface area (Å²) in [5.74, 6) is 0.140. The lowest BCUT2D eigenvalue weighted by Crippen LogP contribution is -2.02. The highest BCUT2D eigenvalue weighted by Crippen LogP contribution is 2.43. The van der Waals surface area contributed by atoms with Gasteiger partial charge >= 0.3 is 0 Å². The van der Waals surface area contributed by atoms with Crippen LogP contribution in [0, 0.1) is 0 Å². The molecule has 0 radical (unpaired) electrons. The summed E-state index contributed by atoms with van der Waals surface area (Å²) in [6, 6.07) is 26.3. The van der Waals surface area contributed by atoms with Crippen LogP contribution in [0.25, 0.3) is 32.7 Å². The normalized spacial score (nSPS) is 12.0. The molecule has 0 saturated carbocycles. The number of rotatable bonds is 5. The molecular weight excluding hydrogens is 390 g/mol. The number of hydrogen-bond acceptors (Lipinski definition) is 0. The van der Waals surface area contributed by atoms with Crippen LogP contribution in [0.1, 0.15) is 36.5 Å². The van der Waals surface area contributed by atoms with Gasteiger partial charge in [0.1, 0.15) is 0 Å². The quantitative estimate of drug-likeness (QED) is 0.305. The van der Waals surface area contributed by atoms with Gasteiger partial charge in [0, 0.05) is 70.3 Å². The van der Waals surface area contributed by atoms with Gasteiger partial charge < -0.3 is 14.1 Å². The molecule has 0 aliphatic heterocycles. The van der Waals surface area contributed by atoms with E-state index in [2.05, 4.69) is 119 Å². The first-order valence-corrected chi connectivity index (χ1v) is 11.5. The van der Waals surface area contributed by atoms with E-state index in [0.29, 0.717) is 0 Å². The fourth-order valence-corrected chi connectivity index (χ4v) is 5.37. The zero-order valence-electron chi connectivity index (χ0n) is 18.5. The molecule has 1 N–H and O–H groups in total. The summed E-state index contributed by atoms with van der Waals surface area (Å²) < 4.78 is 4.76. The Labute approximate surface area is 187 Å². The number of aryl methyl sites for hydroxylation is 2. The van der Waals surface area contributed by atoms with E-state index in [4.69, 9.17) is 0 Å². The highest BCUT2D eigenvalue weighted by Gasteiger charge is 2.27. The lowest BCUT2D eigenvalue weighted by Gasteiger charge is -2.17. The Hall–Kier alpha value is -3.72. The van der Waals surface area contributed by atoms with Gasteiger partial charge in [-0.1, -0.05) is 54.6 Å². The molecule has 0 fully saturated rings. The zero-order valence-corrected chi connectivity index (χ0v) is 18.5. The molecule has 32 heavy (non-hydrogen) atoms. The van der Waals surface area contributed by atoms with E-state index in [9.17, 15) is 0 Å². The van der Waals surface area contributed by atoms with Crippen molar-refractivity contribution in [3.63, 3.8) is 0 Å². The SMILES string of the molecule is CCn1cc(C(c2c[nH]c3ccccc23)c2cn(CC)c3ccccc23)c2ccccc21. The second-order valence-corrected chi connectivity index (χ2v) is 8.50. The number of para-hydroxylation sites is 3. The molecule has 0 aliphatic rings. The monoisotopic (exact) mass is 417 g/mol. The molecule has 3 heterocycles. The van der Waals surface area contributed by atoms with Crippen LogP contribution >= 0.6 is 0 Å². The molecule has 158 valence electrons. The van der Waals surface area contributed by atoms with Gasteiger partial charge in [0.15, 0.2) is 0 Å². The average Bonchev–Trinajstić information content (AvgIpc) is 3.54. The van der Waals surface area contributed by atoms with E-state index in [1.165, 1.54) is 49.4 Å². The van der Waals surface area contributed by atoms with Gasteiger partial charge in [-0.05, 0) is 48.7 Å². The Morgan fingerprint density at radius 2 is 1.12 bits per heavy atom. The number of fused-ring (bicyclic) bond motifs is 3. The topological polar surface area (TPSA) is 25.6 Å². The van der Waals surface area contributed by atoms with Crippen LogP contribution in [-0.2, 0) is 13.1 Å². The number of aromatic amines is 1. The molecule has 0 bridgehead atoms. The minimum atomic E-state index is 0.140. The molecule has 3 nitrogen and oxygen atoms in total. The van der Waals surface area contributed by atoms with Crippen molar-refractivity contribution >= 4 is 32.7 Å². The summed E-state index contributed by atoms with van der Waals surface area (Å²) in [5, 5.41) is 3.95. The van der Waals surface area contributed by atoms with Crippen LogP contribution < -0.4 is 0 Å². The lowest BCUT2D eigenvalue weighted by atomic mass is 9.84. The highest BCUT2D eigenvalue weighted by atomic mass is 15.0. The van der Waals surface area contributed by atoms with Gasteiger partial charge in [0.25, 0.3) is 0 Å². The van der Waals surface area contributed by atoms with Crippen molar-refractivity contribution in [2.75, 3.05) is 0 Å². The van der Waals surface area contributed by atoms with Gasteiger partial charge in [-0.25, -0.2) is 0 Å². The fraction of sp³-hybridized carbons (Fsp3) is 0.172. The van der Waals surface area contributed by atoms with Crippen molar-refractivity contribution in [3.05, 3.63) is 108 Å². The molecule has 0 saturated heterocycles. The smallest absolute Gasteiger partial charge is 0.0483 e. The van der Waals surface area contributed by atoms with Gasteiger partial charge in [0.2, 0.25) is 0 Å². The number of nitrogens with zero attached hydrogens (tertiary/aromatic N) is 2. The lowest BCUT2D eigenvalue weighted by molar-refractivity contribution is 0.782. The van der Waals surface area contributed by atoms with E-state index in [1.807, 2.05) is 0 Å². The van der Waals surface area contributed by atoms with Gasteiger partial charge in [-0.3, -0.25) is 0 Å². The van der Waals surface area contributed by atoms with Crippen LogP contribution in [-0.4, -0.2) is 14.1 Å². The van der Waals surface area contributed by atoms with Gasteiger partial charge in [-0.2, -0.15) is 0 Å². The predicted octanol–water partition coefficient (Wildman–Crippen LogP) is 7.30. The maximum Gasteiger partial charge on any atom is 0.0483 e. The van der Waals surface area contributed by atoms with E-state index >= 15 is 0 Å². The summed E-state index contributed by atoms with van der Waals surface area (Å²) in [6.45, 7) is 6.36. The van der Waals surface area contributed by atoms with E-state index in [1.54, 1.807) is 0 Å². The van der Waals surface area contributed by atoms with Crippen molar-refractivity contribution in [3.8, 4) is 0 Å². The highest BCUT2D eigenvalue weighted by molar-refractivity contribution is 5.93. The van der Waals surface area contributed by atoms with Crippen LogP contribution in [0.4, 0.5) is 0 Å². The van der Waals surface area contributed by atoms with Crippen LogP contribution in [0.15, 0.2) is 91.4 Å². The Morgan fingerprint density at radius 3 is 1.69 bits per heavy atom. The third kappa shape index (κ3) is 2.74. The van der Waals surface area contributed by atoms with Crippen molar-refractivity contribution in [2.24, 2.45) is 0 Å². The number of hydrogen-bond donors (Lipinski definition) is 1. The first kappa shape index (κ1) is 19.0. The van der Waals surface area contributed by atoms with Crippen LogP contribution in [0.5, 0.6) is 0 Å². The molecule has 0 aliphatic carbocycles. The third-order valence-electron chi connectivity index (χ3n) is 6.87. The predicted molar refractivity (Wildman–Crippen MR) is 134 cm³/mol. The Morgan fingerprint density at radius 1 is 0.625 bits per heavy atom. The second kappa shape index (κ2) is 7.45. The van der Waals surface area contributed by atoms with Crippen molar-refractivity contribution < 1.29 is 0 Å². The molecule has 0 atom stereocenters. The average molecular weight is 418 g/mol. The molecule has 0 spiro atoms. The minimum Gasteiger partial charge on any atom is -0.361 e. The Bertz CT molecular complexity index is 1480. The maximum atomic E-state index is 3.53. The minimum absolute atomic E-state index is 0.140.